The van der Waals surface area contributed by atoms with E-state index in [-0.39, 0.29) is 17.9 Å². The van der Waals surface area contributed by atoms with Crippen molar-refractivity contribution in [3.05, 3.63) is 29.0 Å². The molecule has 0 spiro atoms. The maximum absolute atomic E-state index is 11.9. The van der Waals surface area contributed by atoms with Gasteiger partial charge >= 0.3 is 0 Å². The molecule has 2 N–H and O–H groups in total. The zero-order chi connectivity index (χ0) is 13.6. The number of aliphatic hydroxyl groups is 1. The highest BCUT2D eigenvalue weighted by Crippen LogP contribution is 2.21. The minimum absolute atomic E-state index is 0.0325. The molecule has 0 aliphatic carbocycles. The second-order valence-electron chi connectivity index (χ2n) is 5.04. The van der Waals surface area contributed by atoms with Crippen LogP contribution in [-0.4, -0.2) is 29.1 Å². The van der Waals surface area contributed by atoms with Crippen LogP contribution in [0.25, 0.3) is 0 Å². The number of nitrogens with one attached hydrogen (secondary N) is 1. The zero-order valence-electron chi connectivity index (χ0n) is 10.7. The number of aliphatic hydroxyl groups excluding tert-OH is 1. The molecule has 0 fully saturated rings. The molecule has 0 aliphatic rings. The molecule has 0 unspecified atom stereocenters. The number of pyridine rings is 1. The number of halogens is 1. The van der Waals surface area contributed by atoms with E-state index in [1.807, 2.05) is 0 Å². The summed E-state index contributed by atoms with van der Waals surface area (Å²) in [5.74, 6) is -0.156. The van der Waals surface area contributed by atoms with Crippen molar-refractivity contribution in [1.82, 2.24) is 10.3 Å². The SMILES string of the molecule is CC(C)(CCCO)CNC(=O)c1ccnc(Cl)c1. The number of aromatic nitrogens is 1. The number of hydrogen-bond acceptors (Lipinski definition) is 3. The van der Waals surface area contributed by atoms with Gasteiger partial charge in [0, 0.05) is 24.9 Å². The van der Waals surface area contributed by atoms with Gasteiger partial charge in [-0.3, -0.25) is 4.79 Å². The Kier molecular flexibility index (Phi) is 5.56. The predicted octanol–water partition coefficient (Wildman–Crippen LogP) is 2.26. The normalized spacial score (nSPS) is 11.3. The van der Waals surface area contributed by atoms with Crippen LogP contribution in [-0.2, 0) is 0 Å². The lowest BCUT2D eigenvalue weighted by Crippen LogP contribution is -2.34. The summed E-state index contributed by atoms with van der Waals surface area (Å²) in [6.07, 6.45) is 3.11. The summed E-state index contributed by atoms with van der Waals surface area (Å²) in [5.41, 5.74) is 0.475. The van der Waals surface area contributed by atoms with Crippen molar-refractivity contribution in [3.63, 3.8) is 0 Å². The number of carbonyl (C=O) groups excluding carboxylic acids is 1. The topological polar surface area (TPSA) is 62.2 Å². The summed E-state index contributed by atoms with van der Waals surface area (Å²) in [6, 6.07) is 3.17. The first-order chi connectivity index (χ1) is 8.44. The van der Waals surface area contributed by atoms with Gasteiger partial charge in [-0.2, -0.15) is 0 Å². The van der Waals surface area contributed by atoms with Crippen LogP contribution in [0, 0.1) is 5.41 Å². The lowest BCUT2D eigenvalue weighted by atomic mass is 9.88. The molecule has 1 rings (SSSR count). The zero-order valence-corrected chi connectivity index (χ0v) is 11.5. The third kappa shape index (κ3) is 5.02. The lowest BCUT2D eigenvalue weighted by Gasteiger charge is -2.24. The van der Waals surface area contributed by atoms with Crippen LogP contribution in [0.15, 0.2) is 18.3 Å². The third-order valence-corrected chi connectivity index (χ3v) is 2.93. The van der Waals surface area contributed by atoms with Crippen LogP contribution in [0.2, 0.25) is 5.15 Å². The fourth-order valence-corrected chi connectivity index (χ4v) is 1.79. The molecular weight excluding hydrogens is 252 g/mol. The van der Waals surface area contributed by atoms with E-state index in [0.717, 1.165) is 12.8 Å². The van der Waals surface area contributed by atoms with E-state index in [4.69, 9.17) is 16.7 Å². The third-order valence-electron chi connectivity index (χ3n) is 2.73. The van der Waals surface area contributed by atoms with E-state index in [0.29, 0.717) is 17.3 Å². The molecule has 0 aliphatic heterocycles. The van der Waals surface area contributed by atoms with Crippen LogP contribution < -0.4 is 5.32 Å². The number of hydrogen-bond donors (Lipinski definition) is 2. The lowest BCUT2D eigenvalue weighted by molar-refractivity contribution is 0.0933. The van der Waals surface area contributed by atoms with Gasteiger partial charge in [-0.25, -0.2) is 4.98 Å². The van der Waals surface area contributed by atoms with Crippen LogP contribution in [0.5, 0.6) is 0 Å². The first-order valence-electron chi connectivity index (χ1n) is 5.95. The Hall–Kier alpha value is -1.13. The van der Waals surface area contributed by atoms with E-state index in [1.165, 1.54) is 12.3 Å². The number of nitrogens with zero attached hydrogens (tertiary/aromatic N) is 1. The van der Waals surface area contributed by atoms with E-state index in [2.05, 4.69) is 24.1 Å². The van der Waals surface area contributed by atoms with Gasteiger partial charge in [0.15, 0.2) is 0 Å². The van der Waals surface area contributed by atoms with E-state index < -0.39 is 0 Å². The Morgan fingerprint density at radius 2 is 2.28 bits per heavy atom. The molecule has 4 nitrogen and oxygen atoms in total. The van der Waals surface area contributed by atoms with Gasteiger partial charge < -0.3 is 10.4 Å². The Morgan fingerprint density at radius 1 is 1.56 bits per heavy atom. The van der Waals surface area contributed by atoms with E-state index >= 15 is 0 Å². The molecule has 0 aromatic carbocycles. The molecule has 1 aromatic heterocycles. The smallest absolute Gasteiger partial charge is 0.251 e. The van der Waals surface area contributed by atoms with Crippen molar-refractivity contribution in [2.45, 2.75) is 26.7 Å². The molecule has 1 aromatic rings. The summed E-state index contributed by atoms with van der Waals surface area (Å²) >= 11 is 5.73. The molecule has 0 bridgehead atoms. The highest BCUT2D eigenvalue weighted by Gasteiger charge is 2.18. The maximum atomic E-state index is 11.9. The van der Waals surface area contributed by atoms with Crippen LogP contribution in [0.1, 0.15) is 37.0 Å². The molecule has 0 atom stereocenters. The van der Waals surface area contributed by atoms with E-state index in [9.17, 15) is 4.79 Å². The van der Waals surface area contributed by atoms with Gasteiger partial charge in [-0.1, -0.05) is 25.4 Å². The van der Waals surface area contributed by atoms with Crippen molar-refractivity contribution in [1.29, 1.82) is 0 Å². The standard InChI is InChI=1S/C13H19ClN2O2/c1-13(2,5-3-7-17)9-16-12(18)10-4-6-15-11(14)8-10/h4,6,8,17H,3,5,7,9H2,1-2H3,(H,16,18). The molecule has 0 radical (unpaired) electrons. The first kappa shape index (κ1) is 14.9. The second-order valence-corrected chi connectivity index (χ2v) is 5.43. The molecule has 0 saturated carbocycles. The quantitative estimate of drug-likeness (QED) is 0.780. The first-order valence-corrected chi connectivity index (χ1v) is 6.33. The Balaban J connectivity index is 2.50. The highest BCUT2D eigenvalue weighted by molar-refractivity contribution is 6.29. The largest absolute Gasteiger partial charge is 0.396 e. The Bertz CT molecular complexity index is 408. The minimum Gasteiger partial charge on any atom is -0.396 e. The van der Waals surface area contributed by atoms with Crippen LogP contribution >= 0.6 is 11.6 Å². The van der Waals surface area contributed by atoms with Crippen molar-refractivity contribution < 1.29 is 9.90 Å². The minimum atomic E-state index is -0.156. The van der Waals surface area contributed by atoms with Crippen LogP contribution in [0.4, 0.5) is 0 Å². The summed E-state index contributed by atoms with van der Waals surface area (Å²) in [6.45, 7) is 4.86. The molecule has 1 heterocycles. The maximum Gasteiger partial charge on any atom is 0.251 e. The monoisotopic (exact) mass is 270 g/mol. The number of amides is 1. The van der Waals surface area contributed by atoms with Gasteiger partial charge in [-0.05, 0) is 30.4 Å². The van der Waals surface area contributed by atoms with Crippen molar-refractivity contribution >= 4 is 17.5 Å². The van der Waals surface area contributed by atoms with Gasteiger partial charge in [0.05, 0.1) is 0 Å². The molecule has 0 saturated heterocycles. The predicted molar refractivity (Wildman–Crippen MR) is 71.7 cm³/mol. The Labute approximate surface area is 112 Å². The molecule has 100 valence electrons. The summed E-state index contributed by atoms with van der Waals surface area (Å²) in [4.78, 5) is 15.7. The molecule has 18 heavy (non-hydrogen) atoms. The highest BCUT2D eigenvalue weighted by atomic mass is 35.5. The van der Waals surface area contributed by atoms with Crippen LogP contribution in [0.3, 0.4) is 0 Å². The van der Waals surface area contributed by atoms with Gasteiger partial charge in [0.1, 0.15) is 5.15 Å². The van der Waals surface area contributed by atoms with E-state index in [1.54, 1.807) is 6.07 Å². The van der Waals surface area contributed by atoms with Crippen molar-refractivity contribution in [3.8, 4) is 0 Å². The molecule has 1 amide bonds. The van der Waals surface area contributed by atoms with Gasteiger partial charge in [0.2, 0.25) is 0 Å². The second kappa shape index (κ2) is 6.71. The van der Waals surface area contributed by atoms with Crippen molar-refractivity contribution in [2.24, 2.45) is 5.41 Å². The average molecular weight is 271 g/mol. The van der Waals surface area contributed by atoms with Crippen molar-refractivity contribution in [2.75, 3.05) is 13.2 Å². The Morgan fingerprint density at radius 3 is 2.89 bits per heavy atom. The number of carbonyl (C=O) groups is 1. The summed E-state index contributed by atoms with van der Waals surface area (Å²) in [7, 11) is 0. The van der Waals surface area contributed by atoms with Gasteiger partial charge in [-0.15, -0.1) is 0 Å². The van der Waals surface area contributed by atoms with Gasteiger partial charge in [0.25, 0.3) is 5.91 Å². The fourth-order valence-electron chi connectivity index (χ4n) is 1.61. The summed E-state index contributed by atoms with van der Waals surface area (Å²) < 4.78 is 0. The number of rotatable bonds is 6. The molecule has 5 heteroatoms. The fraction of sp³-hybridized carbons (Fsp3) is 0.538. The average Bonchev–Trinajstić information content (AvgIpc) is 2.34. The molecular formula is C13H19ClN2O2. The summed E-state index contributed by atoms with van der Waals surface area (Å²) in [5, 5.41) is 12.0.